The molecule has 1 rings (SSSR count). The maximum Gasteiger partial charge on any atom is 0.419 e. The van der Waals surface area contributed by atoms with Gasteiger partial charge in [0.15, 0.2) is 5.60 Å². The third kappa shape index (κ3) is 3.03. The maximum atomic E-state index is 12.7. The van der Waals surface area contributed by atoms with Gasteiger partial charge < -0.3 is 10.2 Å². The number of aliphatic hydroxyl groups is 2. The Balaban J connectivity index is 3.02. The van der Waals surface area contributed by atoms with Crippen LogP contribution in [0.15, 0.2) is 30.3 Å². The summed E-state index contributed by atoms with van der Waals surface area (Å²) in [5, 5.41) is 18.4. The predicted octanol–water partition coefficient (Wildman–Crippen LogP) is 2.64. The predicted molar refractivity (Wildman–Crippen MR) is 62.2 cm³/mol. The van der Waals surface area contributed by atoms with E-state index in [9.17, 15) is 18.3 Å². The summed E-state index contributed by atoms with van der Waals surface area (Å²) in [5.41, 5.74) is -3.29. The Morgan fingerprint density at radius 2 is 1.56 bits per heavy atom. The van der Waals surface area contributed by atoms with Crippen molar-refractivity contribution in [3.8, 4) is 0 Å². The lowest BCUT2D eigenvalue weighted by atomic mass is 9.75. The van der Waals surface area contributed by atoms with Crippen molar-refractivity contribution in [1.82, 2.24) is 0 Å². The summed E-state index contributed by atoms with van der Waals surface area (Å²) in [6.45, 7) is 1.87. The van der Waals surface area contributed by atoms with E-state index in [4.69, 9.17) is 5.11 Å². The molecule has 102 valence electrons. The molecule has 0 saturated carbocycles. The van der Waals surface area contributed by atoms with Crippen molar-refractivity contribution in [1.29, 1.82) is 0 Å². The fraction of sp³-hybridized carbons (Fsp3) is 0.538. The molecule has 2 N–H and O–H groups in total. The van der Waals surface area contributed by atoms with Crippen LogP contribution < -0.4 is 0 Å². The molecule has 0 fully saturated rings. The van der Waals surface area contributed by atoms with E-state index >= 15 is 0 Å². The molecule has 0 heterocycles. The Labute approximate surface area is 104 Å². The first-order valence-electron chi connectivity index (χ1n) is 5.58. The van der Waals surface area contributed by atoms with Gasteiger partial charge in [0.1, 0.15) is 0 Å². The normalized spacial score (nSPS) is 16.4. The average Bonchev–Trinajstić information content (AvgIpc) is 2.28. The first-order chi connectivity index (χ1) is 8.12. The van der Waals surface area contributed by atoms with Crippen molar-refractivity contribution >= 4 is 0 Å². The molecular weight excluding hydrogens is 245 g/mol. The van der Waals surface area contributed by atoms with Gasteiger partial charge in [-0.3, -0.25) is 0 Å². The monoisotopic (exact) mass is 262 g/mol. The van der Waals surface area contributed by atoms with E-state index in [1.165, 1.54) is 0 Å². The van der Waals surface area contributed by atoms with Gasteiger partial charge in [0, 0.05) is 0 Å². The van der Waals surface area contributed by atoms with Gasteiger partial charge in [0.2, 0.25) is 0 Å². The topological polar surface area (TPSA) is 40.5 Å². The summed E-state index contributed by atoms with van der Waals surface area (Å²) in [7, 11) is 0. The highest BCUT2D eigenvalue weighted by molar-refractivity contribution is 5.24. The van der Waals surface area contributed by atoms with Gasteiger partial charge >= 0.3 is 6.18 Å². The molecule has 0 saturated heterocycles. The number of aliphatic hydroxyl groups excluding tert-OH is 1. The van der Waals surface area contributed by atoms with Gasteiger partial charge in [-0.2, -0.15) is 13.2 Å². The van der Waals surface area contributed by atoms with Gasteiger partial charge in [-0.25, -0.2) is 0 Å². The SMILES string of the molecule is CC(C)(CC(O)(CO)C(F)(F)F)c1ccccc1. The molecule has 2 nitrogen and oxygen atoms in total. The molecule has 1 aromatic rings. The summed E-state index contributed by atoms with van der Waals surface area (Å²) in [4.78, 5) is 0. The van der Waals surface area contributed by atoms with E-state index in [1.807, 2.05) is 0 Å². The highest BCUT2D eigenvalue weighted by Crippen LogP contribution is 2.40. The Bertz CT molecular complexity index is 387. The zero-order chi connectivity index (χ0) is 14.0. The number of hydrogen-bond acceptors (Lipinski definition) is 2. The van der Waals surface area contributed by atoms with Crippen LogP contribution in [0.5, 0.6) is 0 Å². The molecule has 0 aliphatic rings. The van der Waals surface area contributed by atoms with Gasteiger partial charge in [-0.1, -0.05) is 44.2 Å². The zero-order valence-corrected chi connectivity index (χ0v) is 10.3. The summed E-state index contributed by atoms with van der Waals surface area (Å²) in [5.74, 6) is 0. The summed E-state index contributed by atoms with van der Waals surface area (Å²) in [6.07, 6.45) is -5.45. The van der Waals surface area contributed by atoms with Crippen LogP contribution in [0.25, 0.3) is 0 Å². The molecule has 1 aromatic carbocycles. The standard InChI is InChI=1S/C13H17F3O2/c1-11(2,10-6-4-3-5-7-10)8-12(18,9-17)13(14,15)16/h3-7,17-18H,8-9H2,1-2H3. The van der Waals surface area contributed by atoms with Gasteiger partial charge in [-0.05, 0) is 17.4 Å². The molecule has 5 heteroatoms. The maximum absolute atomic E-state index is 12.7. The Morgan fingerprint density at radius 1 is 1.06 bits per heavy atom. The summed E-state index contributed by atoms with van der Waals surface area (Å²) >= 11 is 0. The Hall–Kier alpha value is -1.07. The van der Waals surface area contributed by atoms with Crippen molar-refractivity contribution in [2.75, 3.05) is 6.61 Å². The van der Waals surface area contributed by atoms with E-state index in [0.29, 0.717) is 5.56 Å². The molecule has 0 bridgehead atoms. The smallest absolute Gasteiger partial charge is 0.393 e. The van der Waals surface area contributed by atoms with Crippen LogP contribution in [0.1, 0.15) is 25.8 Å². The molecule has 18 heavy (non-hydrogen) atoms. The highest BCUT2D eigenvalue weighted by atomic mass is 19.4. The lowest BCUT2D eigenvalue weighted by molar-refractivity contribution is -0.277. The third-order valence-electron chi connectivity index (χ3n) is 3.08. The first-order valence-corrected chi connectivity index (χ1v) is 5.58. The molecule has 0 aliphatic heterocycles. The molecule has 0 radical (unpaired) electrons. The van der Waals surface area contributed by atoms with Gasteiger partial charge in [0.05, 0.1) is 6.61 Å². The number of rotatable bonds is 4. The minimum absolute atomic E-state index is 0.593. The quantitative estimate of drug-likeness (QED) is 0.875. The van der Waals surface area contributed by atoms with Crippen molar-refractivity contribution < 1.29 is 23.4 Å². The lowest BCUT2D eigenvalue weighted by Crippen LogP contribution is -2.51. The van der Waals surface area contributed by atoms with Crippen molar-refractivity contribution in [2.24, 2.45) is 0 Å². The van der Waals surface area contributed by atoms with E-state index in [2.05, 4.69) is 0 Å². The molecule has 0 amide bonds. The number of hydrogen-bond donors (Lipinski definition) is 2. The average molecular weight is 262 g/mol. The fourth-order valence-electron chi connectivity index (χ4n) is 1.97. The molecule has 0 spiro atoms. The molecule has 0 aromatic heterocycles. The number of halogens is 3. The van der Waals surface area contributed by atoms with Crippen LogP contribution in [0, 0.1) is 0 Å². The van der Waals surface area contributed by atoms with Crippen LogP contribution in [0.3, 0.4) is 0 Å². The largest absolute Gasteiger partial charge is 0.419 e. The lowest BCUT2D eigenvalue weighted by Gasteiger charge is -2.36. The summed E-state index contributed by atoms with van der Waals surface area (Å²) < 4.78 is 38.2. The molecule has 0 aliphatic carbocycles. The van der Waals surface area contributed by atoms with Crippen molar-refractivity contribution in [3.63, 3.8) is 0 Å². The van der Waals surface area contributed by atoms with Gasteiger partial charge in [0.25, 0.3) is 0 Å². The van der Waals surface area contributed by atoms with E-state index in [0.717, 1.165) is 0 Å². The second-order valence-electron chi connectivity index (χ2n) is 5.11. The van der Waals surface area contributed by atoms with E-state index in [-0.39, 0.29) is 0 Å². The fourth-order valence-corrected chi connectivity index (χ4v) is 1.97. The highest BCUT2D eigenvalue weighted by Gasteiger charge is 2.55. The second kappa shape index (κ2) is 4.90. The Morgan fingerprint density at radius 3 is 1.94 bits per heavy atom. The Kier molecular flexibility index (Phi) is 4.08. The minimum Gasteiger partial charge on any atom is -0.393 e. The van der Waals surface area contributed by atoms with Crippen LogP contribution in [-0.4, -0.2) is 28.6 Å². The first kappa shape index (κ1) is 15.0. The van der Waals surface area contributed by atoms with Gasteiger partial charge in [-0.15, -0.1) is 0 Å². The third-order valence-corrected chi connectivity index (χ3v) is 3.08. The number of benzene rings is 1. The molecular formula is C13H17F3O2. The molecule has 1 unspecified atom stereocenters. The van der Waals surface area contributed by atoms with Crippen molar-refractivity contribution in [3.05, 3.63) is 35.9 Å². The minimum atomic E-state index is -4.85. The summed E-state index contributed by atoms with van der Waals surface area (Å²) in [6, 6.07) is 8.62. The van der Waals surface area contributed by atoms with Crippen molar-refractivity contribution in [2.45, 2.75) is 37.5 Å². The van der Waals surface area contributed by atoms with Crippen LogP contribution in [-0.2, 0) is 5.41 Å². The molecule has 1 atom stereocenters. The van der Waals surface area contributed by atoms with Crippen LogP contribution >= 0.6 is 0 Å². The van der Waals surface area contributed by atoms with E-state index < -0.39 is 30.2 Å². The number of alkyl halides is 3. The second-order valence-corrected chi connectivity index (χ2v) is 5.11. The zero-order valence-electron chi connectivity index (χ0n) is 10.3. The van der Waals surface area contributed by atoms with Crippen LogP contribution in [0.2, 0.25) is 0 Å². The van der Waals surface area contributed by atoms with E-state index in [1.54, 1.807) is 44.2 Å². The van der Waals surface area contributed by atoms with Crippen LogP contribution in [0.4, 0.5) is 13.2 Å².